The summed E-state index contributed by atoms with van der Waals surface area (Å²) in [6.07, 6.45) is -1.29. The van der Waals surface area contributed by atoms with Crippen LogP contribution < -0.4 is 0 Å². The van der Waals surface area contributed by atoms with Gasteiger partial charge in [-0.05, 0) is 0 Å². The van der Waals surface area contributed by atoms with Crippen LogP contribution in [0.1, 0.15) is 11.7 Å². The van der Waals surface area contributed by atoms with Crippen molar-refractivity contribution in [1.29, 1.82) is 0 Å². The van der Waals surface area contributed by atoms with Gasteiger partial charge < -0.3 is 9.47 Å². The van der Waals surface area contributed by atoms with Gasteiger partial charge in [-0.2, -0.15) is 0 Å². The molecule has 1 unspecified atom stereocenters. The molecule has 0 radical (unpaired) electrons. The Bertz CT molecular complexity index is 417. The van der Waals surface area contributed by atoms with Crippen LogP contribution in [-0.4, -0.2) is 17.7 Å². The molecule has 0 N–H and O–H groups in total. The Morgan fingerprint density at radius 1 is 1.47 bits per heavy atom. The van der Waals surface area contributed by atoms with E-state index in [1.54, 1.807) is 12.1 Å². The third-order valence-corrected chi connectivity index (χ3v) is 2.04. The van der Waals surface area contributed by atoms with E-state index in [9.17, 15) is 14.9 Å². The number of carbonyl (C=O) groups excluding carboxylic acids is 1. The first-order valence-corrected chi connectivity index (χ1v) is 4.24. The maximum absolute atomic E-state index is 10.7. The summed E-state index contributed by atoms with van der Waals surface area (Å²) in [5.74, 6) is 0. The smallest absolute Gasteiger partial charge is 0.430 e. The Kier molecular flexibility index (Phi) is 2.24. The Balaban J connectivity index is 2.25. The molecule has 0 aliphatic carbocycles. The highest BCUT2D eigenvalue weighted by atomic mass is 16.8. The molecule has 0 aromatic heterocycles. The van der Waals surface area contributed by atoms with Crippen LogP contribution in [0.15, 0.2) is 24.3 Å². The molecule has 1 fully saturated rings. The quantitative estimate of drug-likeness (QED) is 0.421. The maximum atomic E-state index is 10.7. The highest BCUT2D eigenvalue weighted by Gasteiger charge is 2.27. The fraction of sp³-hybridized carbons (Fsp3) is 0.222. The predicted molar refractivity (Wildman–Crippen MR) is 48.3 cm³/mol. The number of ether oxygens (including phenoxy) is 2. The Hall–Kier alpha value is -2.11. The molecule has 1 aliphatic rings. The van der Waals surface area contributed by atoms with E-state index in [2.05, 4.69) is 4.74 Å². The van der Waals surface area contributed by atoms with Gasteiger partial charge in [-0.3, -0.25) is 10.1 Å². The van der Waals surface area contributed by atoms with Gasteiger partial charge >= 0.3 is 6.16 Å². The van der Waals surface area contributed by atoms with Crippen LogP contribution in [0.25, 0.3) is 0 Å². The van der Waals surface area contributed by atoms with E-state index >= 15 is 0 Å². The number of hydrogen-bond donors (Lipinski definition) is 0. The van der Waals surface area contributed by atoms with Crippen LogP contribution in [0.3, 0.4) is 0 Å². The second kappa shape index (κ2) is 3.56. The highest BCUT2D eigenvalue weighted by Crippen LogP contribution is 2.26. The predicted octanol–water partition coefficient (Wildman–Crippen LogP) is 1.80. The molecule has 78 valence electrons. The van der Waals surface area contributed by atoms with Crippen molar-refractivity contribution in [3.8, 4) is 0 Å². The molecule has 0 spiro atoms. The van der Waals surface area contributed by atoms with Gasteiger partial charge in [-0.25, -0.2) is 4.79 Å². The lowest BCUT2D eigenvalue weighted by Crippen LogP contribution is -2.00. The van der Waals surface area contributed by atoms with Gasteiger partial charge in [-0.15, -0.1) is 0 Å². The van der Waals surface area contributed by atoms with Crippen LogP contribution >= 0.6 is 0 Å². The number of non-ortho nitro benzene ring substituents is 1. The van der Waals surface area contributed by atoms with Crippen molar-refractivity contribution < 1.29 is 19.2 Å². The van der Waals surface area contributed by atoms with E-state index in [0.29, 0.717) is 5.56 Å². The summed E-state index contributed by atoms with van der Waals surface area (Å²) < 4.78 is 9.39. The van der Waals surface area contributed by atoms with Crippen molar-refractivity contribution >= 4 is 11.8 Å². The molecule has 1 aromatic rings. The van der Waals surface area contributed by atoms with Crippen LogP contribution in [0.4, 0.5) is 10.5 Å². The summed E-state index contributed by atoms with van der Waals surface area (Å²) in [4.78, 5) is 20.7. The lowest BCUT2D eigenvalue weighted by atomic mass is 10.1. The lowest BCUT2D eigenvalue weighted by Gasteiger charge is -2.05. The highest BCUT2D eigenvalue weighted by molar-refractivity contribution is 5.62. The Morgan fingerprint density at radius 3 is 2.87 bits per heavy atom. The number of cyclic esters (lactones) is 2. The standard InChI is InChI=1S/C9H7NO5/c11-9-14-5-8(15-9)6-2-1-3-7(4-6)10(12)13/h1-4,8H,5H2. The molecule has 1 heterocycles. The number of hydrogen-bond acceptors (Lipinski definition) is 5. The third kappa shape index (κ3) is 1.88. The Morgan fingerprint density at radius 2 is 2.27 bits per heavy atom. The molecule has 6 nitrogen and oxygen atoms in total. The van der Waals surface area contributed by atoms with Crippen molar-refractivity contribution in [2.45, 2.75) is 6.10 Å². The van der Waals surface area contributed by atoms with Crippen LogP contribution in [0.2, 0.25) is 0 Å². The fourth-order valence-corrected chi connectivity index (χ4v) is 1.33. The van der Waals surface area contributed by atoms with E-state index in [0.717, 1.165) is 0 Å². The topological polar surface area (TPSA) is 78.7 Å². The van der Waals surface area contributed by atoms with Crippen molar-refractivity contribution in [2.75, 3.05) is 6.61 Å². The SMILES string of the molecule is O=C1OCC(c2cccc([N+](=O)[O-])c2)O1. The second-order valence-corrected chi connectivity index (χ2v) is 3.02. The van der Waals surface area contributed by atoms with Crippen LogP contribution in [-0.2, 0) is 9.47 Å². The number of benzene rings is 1. The zero-order valence-corrected chi connectivity index (χ0v) is 7.58. The average Bonchev–Trinajstić information content (AvgIpc) is 2.65. The van der Waals surface area contributed by atoms with Gasteiger partial charge in [0, 0.05) is 17.7 Å². The van der Waals surface area contributed by atoms with Crippen molar-refractivity contribution in [3.05, 3.63) is 39.9 Å². The van der Waals surface area contributed by atoms with Crippen molar-refractivity contribution in [1.82, 2.24) is 0 Å². The van der Waals surface area contributed by atoms with Crippen LogP contribution in [0.5, 0.6) is 0 Å². The molecule has 0 saturated carbocycles. The molecule has 1 aromatic carbocycles. The van der Waals surface area contributed by atoms with E-state index in [1.807, 2.05) is 0 Å². The summed E-state index contributed by atoms with van der Waals surface area (Å²) >= 11 is 0. The first-order chi connectivity index (χ1) is 7.16. The van der Waals surface area contributed by atoms with Gasteiger partial charge in [-0.1, -0.05) is 12.1 Å². The minimum absolute atomic E-state index is 0.0320. The number of rotatable bonds is 2. The minimum Gasteiger partial charge on any atom is -0.430 e. The molecular formula is C9H7NO5. The van der Waals surface area contributed by atoms with Gasteiger partial charge in [0.05, 0.1) is 4.92 Å². The molecule has 1 aliphatic heterocycles. The van der Waals surface area contributed by atoms with Gasteiger partial charge in [0.25, 0.3) is 5.69 Å². The molecule has 2 rings (SSSR count). The summed E-state index contributed by atoms with van der Waals surface area (Å²) in [6.45, 7) is 0.0972. The number of nitrogens with zero attached hydrogens (tertiary/aromatic N) is 1. The zero-order chi connectivity index (χ0) is 10.8. The largest absolute Gasteiger partial charge is 0.509 e. The van der Waals surface area contributed by atoms with Crippen molar-refractivity contribution in [2.24, 2.45) is 0 Å². The Labute approximate surface area is 84.6 Å². The summed E-state index contributed by atoms with van der Waals surface area (Å²) in [6, 6.07) is 5.94. The molecule has 1 atom stereocenters. The monoisotopic (exact) mass is 209 g/mol. The lowest BCUT2D eigenvalue weighted by molar-refractivity contribution is -0.385. The summed E-state index contributed by atoms with van der Waals surface area (Å²) in [7, 11) is 0. The zero-order valence-electron chi connectivity index (χ0n) is 7.58. The molecule has 0 bridgehead atoms. The van der Waals surface area contributed by atoms with Gasteiger partial charge in [0.15, 0.2) is 6.10 Å². The van der Waals surface area contributed by atoms with Gasteiger partial charge in [0.2, 0.25) is 0 Å². The number of carbonyl (C=O) groups is 1. The van der Waals surface area contributed by atoms with E-state index in [-0.39, 0.29) is 12.3 Å². The molecule has 0 amide bonds. The first-order valence-electron chi connectivity index (χ1n) is 4.24. The molecule has 15 heavy (non-hydrogen) atoms. The minimum atomic E-state index is -0.744. The fourth-order valence-electron chi connectivity index (χ4n) is 1.33. The second-order valence-electron chi connectivity index (χ2n) is 3.02. The molecular weight excluding hydrogens is 202 g/mol. The first kappa shape index (κ1) is 9.45. The van der Waals surface area contributed by atoms with E-state index < -0.39 is 17.2 Å². The van der Waals surface area contributed by atoms with E-state index in [4.69, 9.17) is 4.74 Å². The maximum Gasteiger partial charge on any atom is 0.509 e. The van der Waals surface area contributed by atoms with Gasteiger partial charge in [0.1, 0.15) is 6.61 Å². The summed E-state index contributed by atoms with van der Waals surface area (Å²) in [5, 5.41) is 10.5. The number of nitro groups is 1. The number of nitro benzene ring substituents is 1. The van der Waals surface area contributed by atoms with Crippen molar-refractivity contribution in [3.63, 3.8) is 0 Å². The summed E-state index contributed by atoms with van der Waals surface area (Å²) in [5.41, 5.74) is 0.533. The average molecular weight is 209 g/mol. The normalized spacial score (nSPS) is 19.5. The molecule has 1 saturated heterocycles. The third-order valence-electron chi connectivity index (χ3n) is 2.04. The van der Waals surface area contributed by atoms with Crippen LogP contribution in [0, 0.1) is 10.1 Å². The molecule has 6 heteroatoms. The van der Waals surface area contributed by atoms with E-state index in [1.165, 1.54) is 12.1 Å².